The van der Waals surface area contributed by atoms with Crippen LogP contribution in [0, 0.1) is 0 Å². The molecule has 0 saturated heterocycles. The predicted molar refractivity (Wildman–Crippen MR) is 77.0 cm³/mol. The van der Waals surface area contributed by atoms with Crippen LogP contribution in [0.2, 0.25) is 0 Å². The maximum Gasteiger partial charge on any atom is 0.270 e. The fourth-order valence-corrected chi connectivity index (χ4v) is 1.84. The van der Waals surface area contributed by atoms with Crippen LogP contribution in [-0.2, 0) is 4.79 Å². The third-order valence-corrected chi connectivity index (χ3v) is 2.88. The first kappa shape index (κ1) is 13.7. The smallest absolute Gasteiger partial charge is 0.270 e. The molecule has 2 amide bonds. The number of para-hydroxylation sites is 1. The Balaban J connectivity index is 2.22. The van der Waals surface area contributed by atoms with Gasteiger partial charge >= 0.3 is 0 Å². The van der Waals surface area contributed by atoms with Crippen LogP contribution in [0.25, 0.3) is 10.9 Å². The van der Waals surface area contributed by atoms with Crippen LogP contribution in [-0.4, -0.2) is 22.8 Å². The van der Waals surface area contributed by atoms with Crippen molar-refractivity contribution in [1.29, 1.82) is 0 Å². The summed E-state index contributed by atoms with van der Waals surface area (Å²) in [5, 5.41) is 3.50. The maximum absolute atomic E-state index is 12.1. The third kappa shape index (κ3) is 3.00. The van der Waals surface area contributed by atoms with Crippen LogP contribution in [0.5, 0.6) is 0 Å². The van der Waals surface area contributed by atoms with E-state index in [-0.39, 0.29) is 12.1 Å². The molecule has 2 rings (SSSR count). The van der Waals surface area contributed by atoms with Crippen molar-refractivity contribution in [3.63, 3.8) is 0 Å². The summed E-state index contributed by atoms with van der Waals surface area (Å²) in [4.78, 5) is 27.5. The fourth-order valence-electron chi connectivity index (χ4n) is 1.84. The Morgan fingerprint density at radius 3 is 2.75 bits per heavy atom. The van der Waals surface area contributed by atoms with Gasteiger partial charge in [-0.25, -0.2) is 4.98 Å². The highest BCUT2D eigenvalue weighted by molar-refractivity contribution is 5.97. The molecule has 0 spiro atoms. The van der Waals surface area contributed by atoms with Crippen molar-refractivity contribution >= 4 is 22.7 Å². The molecule has 5 nitrogen and oxygen atoms in total. The number of benzene rings is 1. The number of amides is 2. The summed E-state index contributed by atoms with van der Waals surface area (Å²) in [6.45, 7) is 3.53. The quantitative estimate of drug-likeness (QED) is 0.804. The molecule has 0 aliphatic carbocycles. The highest BCUT2D eigenvalue weighted by Gasteiger charge is 2.18. The minimum Gasteiger partial charge on any atom is -0.368 e. The number of hydrogen-bond donors (Lipinski definition) is 2. The van der Waals surface area contributed by atoms with Gasteiger partial charge in [0, 0.05) is 5.39 Å². The van der Waals surface area contributed by atoms with Crippen molar-refractivity contribution in [1.82, 2.24) is 10.3 Å². The topological polar surface area (TPSA) is 85.1 Å². The lowest BCUT2D eigenvalue weighted by molar-refractivity contribution is -0.119. The molecule has 0 radical (unpaired) electrons. The Hall–Kier alpha value is -2.69. The van der Waals surface area contributed by atoms with Crippen molar-refractivity contribution in [2.45, 2.75) is 12.5 Å². The molecular formula is C15H15N3O2. The number of hydrogen-bond acceptors (Lipinski definition) is 3. The molecule has 0 aliphatic heterocycles. The second kappa shape index (κ2) is 5.97. The van der Waals surface area contributed by atoms with Gasteiger partial charge in [0.2, 0.25) is 5.91 Å². The maximum atomic E-state index is 12.1. The van der Waals surface area contributed by atoms with Gasteiger partial charge in [-0.05, 0) is 18.6 Å². The molecule has 3 N–H and O–H groups in total. The van der Waals surface area contributed by atoms with E-state index in [4.69, 9.17) is 5.73 Å². The number of fused-ring (bicyclic) bond motifs is 1. The minimum atomic E-state index is -0.770. The Labute approximate surface area is 116 Å². The number of carbonyl (C=O) groups excluding carboxylic acids is 2. The van der Waals surface area contributed by atoms with E-state index in [0.29, 0.717) is 0 Å². The second-order valence-electron chi connectivity index (χ2n) is 4.34. The van der Waals surface area contributed by atoms with Crippen LogP contribution in [0.4, 0.5) is 0 Å². The van der Waals surface area contributed by atoms with Gasteiger partial charge in [0.05, 0.1) is 5.52 Å². The Morgan fingerprint density at radius 1 is 1.30 bits per heavy atom. The van der Waals surface area contributed by atoms with Gasteiger partial charge in [-0.2, -0.15) is 0 Å². The molecule has 0 aliphatic rings. The highest BCUT2D eigenvalue weighted by Crippen LogP contribution is 2.11. The molecule has 0 bridgehead atoms. The summed E-state index contributed by atoms with van der Waals surface area (Å²) in [6.07, 6.45) is 1.82. The Kier molecular flexibility index (Phi) is 4.10. The lowest BCUT2D eigenvalue weighted by Crippen LogP contribution is -2.44. The number of primary amides is 1. The van der Waals surface area contributed by atoms with Gasteiger partial charge < -0.3 is 11.1 Å². The summed E-state index contributed by atoms with van der Waals surface area (Å²) in [5.41, 5.74) is 6.19. The van der Waals surface area contributed by atoms with Gasteiger partial charge in [0.15, 0.2) is 0 Å². The summed E-state index contributed by atoms with van der Waals surface area (Å²) >= 11 is 0. The molecule has 1 heterocycles. The summed E-state index contributed by atoms with van der Waals surface area (Å²) in [6, 6.07) is 10.1. The minimum absolute atomic E-state index is 0.249. The average Bonchev–Trinajstić information content (AvgIpc) is 2.46. The third-order valence-electron chi connectivity index (χ3n) is 2.88. The van der Waals surface area contributed by atoms with Gasteiger partial charge in [0.25, 0.3) is 5.91 Å². The number of nitrogens with two attached hydrogens (primary N) is 1. The monoisotopic (exact) mass is 269 g/mol. The molecule has 1 atom stereocenters. The van der Waals surface area contributed by atoms with Crippen molar-refractivity contribution < 1.29 is 9.59 Å². The van der Waals surface area contributed by atoms with Crippen LogP contribution < -0.4 is 11.1 Å². The first-order chi connectivity index (χ1) is 9.61. The van der Waals surface area contributed by atoms with Crippen LogP contribution in [0.3, 0.4) is 0 Å². The van der Waals surface area contributed by atoms with E-state index in [0.717, 1.165) is 10.9 Å². The number of nitrogens with zero attached hydrogens (tertiary/aromatic N) is 1. The summed E-state index contributed by atoms with van der Waals surface area (Å²) < 4.78 is 0. The van der Waals surface area contributed by atoms with E-state index in [2.05, 4.69) is 16.9 Å². The SMILES string of the molecule is C=CC[C@@H](NC(=O)c1ccc2ccccc2n1)C(N)=O. The predicted octanol–water partition coefficient (Wildman–Crippen LogP) is 1.39. The standard InChI is InChI=1S/C15H15N3O2/c1-2-5-12(14(16)19)18-15(20)13-9-8-10-6-3-4-7-11(10)17-13/h2-4,6-9,12H,1,5H2,(H2,16,19)(H,18,20)/t12-/m1/s1. The molecule has 0 unspecified atom stereocenters. The van der Waals surface area contributed by atoms with Crippen LogP contribution >= 0.6 is 0 Å². The summed E-state index contributed by atoms with van der Waals surface area (Å²) in [7, 11) is 0. The van der Waals surface area contributed by atoms with Crippen molar-refractivity contribution in [3.8, 4) is 0 Å². The van der Waals surface area contributed by atoms with Crippen molar-refractivity contribution in [2.24, 2.45) is 5.73 Å². The molecule has 0 fully saturated rings. The van der Waals surface area contributed by atoms with Crippen molar-refractivity contribution in [2.75, 3.05) is 0 Å². The highest BCUT2D eigenvalue weighted by atomic mass is 16.2. The normalized spacial score (nSPS) is 11.8. The van der Waals surface area contributed by atoms with Gasteiger partial charge in [-0.15, -0.1) is 6.58 Å². The van der Waals surface area contributed by atoms with E-state index < -0.39 is 17.9 Å². The number of nitrogens with one attached hydrogen (secondary N) is 1. The fraction of sp³-hybridized carbons (Fsp3) is 0.133. The molecule has 1 aromatic heterocycles. The molecule has 2 aromatic rings. The molecule has 5 heteroatoms. The van der Waals surface area contributed by atoms with Gasteiger partial charge in [0.1, 0.15) is 11.7 Å². The zero-order valence-corrected chi connectivity index (χ0v) is 10.9. The van der Waals surface area contributed by atoms with Crippen LogP contribution in [0.1, 0.15) is 16.9 Å². The molecule has 0 saturated carbocycles. The second-order valence-corrected chi connectivity index (χ2v) is 4.34. The zero-order valence-electron chi connectivity index (χ0n) is 10.9. The molecule has 1 aromatic carbocycles. The first-order valence-corrected chi connectivity index (χ1v) is 6.18. The number of pyridine rings is 1. The Morgan fingerprint density at radius 2 is 2.05 bits per heavy atom. The number of rotatable bonds is 5. The van der Waals surface area contributed by atoms with Crippen LogP contribution in [0.15, 0.2) is 49.1 Å². The molecule has 20 heavy (non-hydrogen) atoms. The average molecular weight is 269 g/mol. The number of carbonyl (C=O) groups is 2. The van der Waals surface area contributed by atoms with E-state index in [1.54, 1.807) is 6.07 Å². The zero-order chi connectivity index (χ0) is 14.5. The molecule has 102 valence electrons. The van der Waals surface area contributed by atoms with E-state index in [1.807, 2.05) is 30.3 Å². The summed E-state index contributed by atoms with van der Waals surface area (Å²) in [5.74, 6) is -1.03. The molecular weight excluding hydrogens is 254 g/mol. The lowest BCUT2D eigenvalue weighted by Gasteiger charge is -2.13. The van der Waals surface area contributed by atoms with Crippen molar-refractivity contribution in [3.05, 3.63) is 54.7 Å². The van der Waals surface area contributed by atoms with E-state index >= 15 is 0 Å². The van der Waals surface area contributed by atoms with E-state index in [1.165, 1.54) is 6.08 Å². The lowest BCUT2D eigenvalue weighted by atomic mass is 10.1. The van der Waals surface area contributed by atoms with Gasteiger partial charge in [-0.1, -0.05) is 30.3 Å². The van der Waals surface area contributed by atoms with E-state index in [9.17, 15) is 9.59 Å². The largest absolute Gasteiger partial charge is 0.368 e. The number of aromatic nitrogens is 1. The first-order valence-electron chi connectivity index (χ1n) is 6.18. The Bertz CT molecular complexity index is 667. The van der Waals surface area contributed by atoms with Gasteiger partial charge in [-0.3, -0.25) is 9.59 Å².